The molecule has 1 amide bonds. The molecule has 0 bridgehead atoms. The van der Waals surface area contributed by atoms with E-state index in [2.05, 4.69) is 5.32 Å². The summed E-state index contributed by atoms with van der Waals surface area (Å²) in [5, 5.41) is 3.09. The minimum absolute atomic E-state index is 0. The van der Waals surface area contributed by atoms with Crippen molar-refractivity contribution in [2.24, 2.45) is 5.92 Å². The Balaban J connectivity index is 0.00000264. The van der Waals surface area contributed by atoms with Gasteiger partial charge in [0.2, 0.25) is 5.91 Å². The molecule has 1 aromatic rings. The summed E-state index contributed by atoms with van der Waals surface area (Å²) in [4.78, 5) is 25.8. The van der Waals surface area contributed by atoms with Crippen molar-refractivity contribution in [3.8, 4) is 0 Å². The van der Waals surface area contributed by atoms with Crippen molar-refractivity contribution in [3.05, 3.63) is 35.4 Å². The van der Waals surface area contributed by atoms with Gasteiger partial charge in [-0.05, 0) is 44.1 Å². The quantitative estimate of drug-likeness (QED) is 0.805. The molecule has 0 aliphatic carbocycles. The van der Waals surface area contributed by atoms with Gasteiger partial charge < -0.3 is 10.2 Å². The lowest BCUT2D eigenvalue weighted by Crippen LogP contribution is -2.30. The van der Waals surface area contributed by atoms with Gasteiger partial charge in [-0.25, -0.2) is 8.78 Å². The number of Topliss-reactive ketones (excluding diaryl/α,β-unsaturated/α-hetero) is 1. The number of ketones is 1. The highest BCUT2D eigenvalue weighted by Crippen LogP contribution is 2.17. The van der Waals surface area contributed by atoms with Crippen LogP contribution in [0, 0.1) is 17.6 Å². The summed E-state index contributed by atoms with van der Waals surface area (Å²) < 4.78 is 25.9. The number of carbonyl (C=O) groups is 2. The minimum atomic E-state index is -1.05. The first kappa shape index (κ1) is 19.5. The van der Waals surface area contributed by atoms with E-state index in [0.717, 1.165) is 25.1 Å². The third kappa shape index (κ3) is 5.25. The van der Waals surface area contributed by atoms with Gasteiger partial charge in [0.1, 0.15) is 0 Å². The minimum Gasteiger partial charge on any atom is -0.342 e. The summed E-state index contributed by atoms with van der Waals surface area (Å²) >= 11 is 0. The molecule has 23 heavy (non-hydrogen) atoms. The third-order valence-electron chi connectivity index (χ3n) is 3.94. The van der Waals surface area contributed by atoms with Gasteiger partial charge in [0, 0.05) is 31.5 Å². The van der Waals surface area contributed by atoms with Crippen LogP contribution in [0.1, 0.15) is 29.6 Å². The number of hydrogen-bond donors (Lipinski definition) is 1. The van der Waals surface area contributed by atoms with E-state index in [1.807, 2.05) is 7.05 Å². The number of amides is 1. The maximum Gasteiger partial charge on any atom is 0.223 e. The second-order valence-electron chi connectivity index (χ2n) is 5.60. The number of hydrogen-bond acceptors (Lipinski definition) is 3. The molecule has 1 aliphatic rings. The van der Waals surface area contributed by atoms with Gasteiger partial charge in [0.25, 0.3) is 0 Å². The summed E-state index contributed by atoms with van der Waals surface area (Å²) in [6.45, 7) is 2.29. The zero-order valence-corrected chi connectivity index (χ0v) is 13.8. The number of carbonyl (C=O) groups excluding carboxylic acids is 2. The molecule has 1 aromatic carbocycles. The predicted octanol–water partition coefficient (Wildman–Crippen LogP) is 2.42. The average Bonchev–Trinajstić information content (AvgIpc) is 2.96. The molecule has 0 saturated carbocycles. The van der Waals surface area contributed by atoms with Gasteiger partial charge in [0.15, 0.2) is 17.4 Å². The van der Waals surface area contributed by atoms with Crippen LogP contribution in [0.15, 0.2) is 18.2 Å². The first-order chi connectivity index (χ1) is 10.5. The Morgan fingerprint density at radius 2 is 2.00 bits per heavy atom. The molecule has 1 heterocycles. The number of likely N-dealkylation sites (tertiary alicyclic amines) is 1. The van der Waals surface area contributed by atoms with Crippen LogP contribution < -0.4 is 5.32 Å². The fourth-order valence-electron chi connectivity index (χ4n) is 2.71. The second-order valence-corrected chi connectivity index (χ2v) is 5.60. The number of nitrogens with one attached hydrogen (secondary N) is 1. The summed E-state index contributed by atoms with van der Waals surface area (Å²) in [5.41, 5.74) is 0.0983. The van der Waals surface area contributed by atoms with Crippen LogP contribution in [0.3, 0.4) is 0 Å². The molecule has 2 rings (SSSR count). The van der Waals surface area contributed by atoms with Crippen LogP contribution in [0.5, 0.6) is 0 Å². The molecule has 4 nitrogen and oxygen atoms in total. The van der Waals surface area contributed by atoms with E-state index in [1.165, 1.54) is 6.07 Å². The van der Waals surface area contributed by atoms with E-state index in [1.54, 1.807) is 4.90 Å². The molecule has 1 saturated heterocycles. The standard InChI is InChI=1S/C16H20F2N2O2.ClH/c1-19-9-11-6-7-20(10-11)16(22)5-4-15(21)12-2-3-13(17)14(18)8-12;/h2-3,8,11,19H,4-7,9-10H2,1H3;1H. The first-order valence-electron chi connectivity index (χ1n) is 7.42. The highest BCUT2D eigenvalue weighted by Gasteiger charge is 2.25. The van der Waals surface area contributed by atoms with Crippen LogP contribution in [-0.2, 0) is 4.79 Å². The van der Waals surface area contributed by atoms with Gasteiger partial charge in [0.05, 0.1) is 0 Å². The third-order valence-corrected chi connectivity index (χ3v) is 3.94. The lowest BCUT2D eigenvalue weighted by atomic mass is 10.1. The van der Waals surface area contributed by atoms with Crippen LogP contribution in [0.2, 0.25) is 0 Å². The Hall–Kier alpha value is -1.53. The molecule has 1 aliphatic heterocycles. The summed E-state index contributed by atoms with van der Waals surface area (Å²) in [6, 6.07) is 3.04. The number of nitrogens with zero attached hydrogens (tertiary/aromatic N) is 1. The zero-order chi connectivity index (χ0) is 16.1. The van der Waals surface area contributed by atoms with E-state index < -0.39 is 11.6 Å². The van der Waals surface area contributed by atoms with Crippen LogP contribution in [0.25, 0.3) is 0 Å². The molecule has 1 N–H and O–H groups in total. The van der Waals surface area contributed by atoms with Crippen LogP contribution >= 0.6 is 12.4 Å². The first-order valence-corrected chi connectivity index (χ1v) is 7.42. The molecule has 1 unspecified atom stereocenters. The maximum absolute atomic E-state index is 13.1. The Morgan fingerprint density at radius 1 is 1.26 bits per heavy atom. The molecule has 7 heteroatoms. The Morgan fingerprint density at radius 3 is 2.65 bits per heavy atom. The van der Waals surface area contributed by atoms with Crippen molar-refractivity contribution >= 4 is 24.1 Å². The summed E-state index contributed by atoms with van der Waals surface area (Å²) in [5.74, 6) is -1.99. The summed E-state index contributed by atoms with van der Waals surface area (Å²) in [7, 11) is 1.88. The van der Waals surface area contributed by atoms with Gasteiger partial charge in [-0.15, -0.1) is 12.4 Å². The van der Waals surface area contributed by atoms with Crippen molar-refractivity contribution < 1.29 is 18.4 Å². The van der Waals surface area contributed by atoms with E-state index in [0.29, 0.717) is 19.0 Å². The van der Waals surface area contributed by atoms with Crippen molar-refractivity contribution in [3.63, 3.8) is 0 Å². The van der Waals surface area contributed by atoms with Crippen molar-refractivity contribution in [2.75, 3.05) is 26.7 Å². The SMILES string of the molecule is CNCC1CCN(C(=O)CCC(=O)c2ccc(F)c(F)c2)C1.Cl. The highest BCUT2D eigenvalue weighted by molar-refractivity contribution is 5.97. The summed E-state index contributed by atoms with van der Waals surface area (Å²) in [6.07, 6.45) is 1.07. The van der Waals surface area contributed by atoms with Gasteiger partial charge >= 0.3 is 0 Å². The maximum atomic E-state index is 13.1. The molecule has 0 aromatic heterocycles. The van der Waals surface area contributed by atoms with E-state index in [-0.39, 0.29) is 42.5 Å². The Kier molecular flexibility index (Phi) is 7.58. The normalized spacial score (nSPS) is 17.0. The van der Waals surface area contributed by atoms with Crippen molar-refractivity contribution in [2.45, 2.75) is 19.3 Å². The molecular formula is C16H21ClF2N2O2. The van der Waals surface area contributed by atoms with Crippen molar-refractivity contribution in [1.29, 1.82) is 0 Å². The topological polar surface area (TPSA) is 49.4 Å². The van der Waals surface area contributed by atoms with Gasteiger partial charge in [-0.2, -0.15) is 0 Å². The smallest absolute Gasteiger partial charge is 0.223 e. The molecular weight excluding hydrogens is 326 g/mol. The van der Waals surface area contributed by atoms with Gasteiger partial charge in [-0.1, -0.05) is 0 Å². The molecule has 1 atom stereocenters. The van der Waals surface area contributed by atoms with E-state index in [9.17, 15) is 18.4 Å². The lowest BCUT2D eigenvalue weighted by Gasteiger charge is -2.16. The van der Waals surface area contributed by atoms with Crippen LogP contribution in [0.4, 0.5) is 8.78 Å². The zero-order valence-electron chi connectivity index (χ0n) is 13.0. The van der Waals surface area contributed by atoms with Gasteiger partial charge in [-0.3, -0.25) is 9.59 Å². The largest absolute Gasteiger partial charge is 0.342 e. The fraction of sp³-hybridized carbons (Fsp3) is 0.500. The monoisotopic (exact) mass is 346 g/mol. The highest BCUT2D eigenvalue weighted by atomic mass is 35.5. The number of benzene rings is 1. The van der Waals surface area contributed by atoms with E-state index >= 15 is 0 Å². The fourth-order valence-corrected chi connectivity index (χ4v) is 2.71. The van der Waals surface area contributed by atoms with E-state index in [4.69, 9.17) is 0 Å². The van der Waals surface area contributed by atoms with Crippen LogP contribution in [-0.4, -0.2) is 43.3 Å². The van der Waals surface area contributed by atoms with Crippen molar-refractivity contribution in [1.82, 2.24) is 10.2 Å². The Labute approximate surface area is 140 Å². The second kappa shape index (κ2) is 8.93. The molecule has 0 radical (unpaired) electrons. The Bertz CT molecular complexity index is 569. The predicted molar refractivity (Wildman–Crippen MR) is 85.8 cm³/mol. The average molecular weight is 347 g/mol. The molecule has 0 spiro atoms. The number of halogens is 3. The number of rotatable bonds is 6. The molecule has 128 valence electrons. The molecule has 1 fully saturated rings. The lowest BCUT2D eigenvalue weighted by molar-refractivity contribution is -0.130.